The van der Waals surface area contributed by atoms with Crippen molar-refractivity contribution in [1.29, 1.82) is 0 Å². The van der Waals surface area contributed by atoms with E-state index in [0.29, 0.717) is 0 Å². The molecule has 6 nitrogen and oxygen atoms in total. The second-order valence-corrected chi connectivity index (χ2v) is 8.41. The number of amides is 4. The summed E-state index contributed by atoms with van der Waals surface area (Å²) in [6.45, 7) is 3.65. The molecule has 1 rings (SSSR count). The number of allylic oxidation sites excluding steroid dienone is 2. The summed E-state index contributed by atoms with van der Waals surface area (Å²) in [5.74, 6) is -0.124. The normalized spacial score (nSPS) is 16.5. The van der Waals surface area contributed by atoms with E-state index < -0.39 is 0 Å². The number of rotatable bonds is 16. The highest BCUT2D eigenvalue weighted by molar-refractivity contribution is 8.15. The van der Waals surface area contributed by atoms with Gasteiger partial charge in [0.05, 0.1) is 5.25 Å². The van der Waals surface area contributed by atoms with E-state index >= 15 is 0 Å². The smallest absolute Gasteiger partial charge is 0.314 e. The van der Waals surface area contributed by atoms with E-state index in [1.165, 1.54) is 12.8 Å². The van der Waals surface area contributed by atoms with Gasteiger partial charge >= 0.3 is 6.03 Å². The average Bonchev–Trinajstić information content (AvgIpc) is 2.99. The molecule has 0 aromatic carbocycles. The largest absolute Gasteiger partial charge is 0.338 e. The molecule has 7 heteroatoms. The first-order chi connectivity index (χ1) is 13.6. The Morgan fingerprint density at radius 1 is 0.929 bits per heavy atom. The van der Waals surface area contributed by atoms with Gasteiger partial charge in [-0.25, -0.2) is 4.79 Å². The number of thioether (sulfide) groups is 1. The van der Waals surface area contributed by atoms with Crippen LogP contribution in [-0.4, -0.2) is 35.5 Å². The zero-order chi connectivity index (χ0) is 20.5. The van der Waals surface area contributed by atoms with Crippen molar-refractivity contribution in [2.75, 3.05) is 13.1 Å². The van der Waals surface area contributed by atoms with Gasteiger partial charge in [-0.15, -0.1) is 0 Å². The highest BCUT2D eigenvalue weighted by Crippen LogP contribution is 2.24. The molecule has 1 fully saturated rings. The van der Waals surface area contributed by atoms with Crippen LogP contribution >= 0.6 is 11.8 Å². The van der Waals surface area contributed by atoms with Crippen molar-refractivity contribution >= 4 is 28.9 Å². The number of hydrogen-bond donors (Lipinski definition) is 3. The van der Waals surface area contributed by atoms with E-state index in [0.717, 1.165) is 89.1 Å². The minimum atomic E-state index is -0.207. The molecule has 1 aliphatic rings. The topological polar surface area (TPSA) is 87.3 Å². The molecule has 28 heavy (non-hydrogen) atoms. The van der Waals surface area contributed by atoms with Gasteiger partial charge in [0, 0.05) is 13.1 Å². The third-order valence-electron chi connectivity index (χ3n) is 4.67. The molecule has 0 aliphatic carbocycles. The van der Waals surface area contributed by atoms with Crippen molar-refractivity contribution in [3.05, 3.63) is 12.2 Å². The molecule has 160 valence electrons. The van der Waals surface area contributed by atoms with Gasteiger partial charge in [-0.2, -0.15) is 0 Å². The molecule has 0 aromatic heterocycles. The number of unbranched alkanes of at least 4 members (excludes halogenated alkanes) is 8. The summed E-state index contributed by atoms with van der Waals surface area (Å²) in [6.07, 6.45) is 17.3. The van der Waals surface area contributed by atoms with E-state index in [-0.39, 0.29) is 22.4 Å². The van der Waals surface area contributed by atoms with E-state index in [2.05, 4.69) is 35.0 Å². The fraction of sp³-hybridized carbons (Fsp3) is 0.762. The van der Waals surface area contributed by atoms with Crippen molar-refractivity contribution in [2.45, 2.75) is 89.2 Å². The zero-order valence-electron chi connectivity index (χ0n) is 17.3. The van der Waals surface area contributed by atoms with Crippen LogP contribution in [0.1, 0.15) is 84.0 Å². The highest BCUT2D eigenvalue weighted by Gasteiger charge is 2.30. The van der Waals surface area contributed by atoms with Crippen LogP contribution < -0.4 is 16.0 Å². The van der Waals surface area contributed by atoms with Crippen LogP contribution in [0.5, 0.6) is 0 Å². The molecular formula is C21H37N3O3S. The van der Waals surface area contributed by atoms with Gasteiger partial charge in [-0.1, -0.05) is 62.9 Å². The van der Waals surface area contributed by atoms with Gasteiger partial charge in [-0.3, -0.25) is 14.9 Å². The molecule has 0 aromatic rings. The number of urea groups is 1. The SMILES string of the molecule is CCCCCNC(=O)NCCCC/C=C/CCCCCCC1SC(=O)NC1=O. The minimum absolute atomic E-state index is 0.0506. The Morgan fingerprint density at radius 2 is 1.54 bits per heavy atom. The first-order valence-corrected chi connectivity index (χ1v) is 11.7. The second kappa shape index (κ2) is 16.5. The van der Waals surface area contributed by atoms with E-state index in [4.69, 9.17) is 0 Å². The molecule has 1 saturated heterocycles. The standard InChI is InChI=1S/C21H37N3O3S/c1-2-3-13-16-22-20(26)23-17-14-11-9-7-5-4-6-8-10-12-15-18-19(25)24-21(27)28-18/h5,7,18H,2-4,6,8-17H2,1H3,(H2,22,23,26)(H,24,25,27)/b7-5+. The molecule has 3 N–H and O–H groups in total. The monoisotopic (exact) mass is 411 g/mol. The second-order valence-electron chi connectivity index (χ2n) is 7.23. The fourth-order valence-electron chi connectivity index (χ4n) is 2.99. The van der Waals surface area contributed by atoms with Gasteiger partial charge in [0.1, 0.15) is 0 Å². The lowest BCUT2D eigenvalue weighted by Crippen LogP contribution is -2.36. The number of imide groups is 1. The lowest BCUT2D eigenvalue weighted by Gasteiger charge is -2.06. The van der Waals surface area contributed by atoms with E-state index in [1.54, 1.807) is 0 Å². The van der Waals surface area contributed by atoms with Crippen molar-refractivity contribution in [2.24, 2.45) is 0 Å². The molecule has 0 radical (unpaired) electrons. The molecular weight excluding hydrogens is 374 g/mol. The molecule has 1 aliphatic heterocycles. The molecule has 0 spiro atoms. The number of carbonyl (C=O) groups is 3. The quantitative estimate of drug-likeness (QED) is 0.249. The Balaban J connectivity index is 1.81. The van der Waals surface area contributed by atoms with Crippen molar-refractivity contribution in [3.8, 4) is 0 Å². The first-order valence-electron chi connectivity index (χ1n) is 10.8. The van der Waals surface area contributed by atoms with Crippen molar-refractivity contribution in [3.63, 3.8) is 0 Å². The number of hydrogen-bond acceptors (Lipinski definition) is 4. The third kappa shape index (κ3) is 12.8. The fourth-order valence-corrected chi connectivity index (χ4v) is 3.86. The Labute approximate surface area is 174 Å². The Bertz CT molecular complexity index is 497. The molecule has 1 atom stereocenters. The Hall–Kier alpha value is -1.50. The molecule has 1 unspecified atom stereocenters. The van der Waals surface area contributed by atoms with Crippen LogP contribution in [0, 0.1) is 0 Å². The van der Waals surface area contributed by atoms with Gasteiger partial charge in [0.15, 0.2) is 0 Å². The predicted octanol–water partition coefficient (Wildman–Crippen LogP) is 4.89. The Morgan fingerprint density at radius 3 is 2.14 bits per heavy atom. The lowest BCUT2D eigenvalue weighted by molar-refractivity contribution is -0.119. The third-order valence-corrected chi connectivity index (χ3v) is 5.72. The molecule has 0 bridgehead atoms. The maximum absolute atomic E-state index is 11.5. The average molecular weight is 412 g/mol. The lowest BCUT2D eigenvalue weighted by atomic mass is 10.1. The van der Waals surface area contributed by atoms with Gasteiger partial charge in [-0.05, 0) is 44.9 Å². The van der Waals surface area contributed by atoms with Crippen molar-refractivity contribution in [1.82, 2.24) is 16.0 Å². The Kier molecular flexibility index (Phi) is 14.4. The van der Waals surface area contributed by atoms with Crippen molar-refractivity contribution < 1.29 is 14.4 Å². The predicted molar refractivity (Wildman–Crippen MR) is 117 cm³/mol. The highest BCUT2D eigenvalue weighted by atomic mass is 32.2. The molecule has 4 amide bonds. The van der Waals surface area contributed by atoms with Crippen LogP contribution in [0.3, 0.4) is 0 Å². The van der Waals surface area contributed by atoms with Gasteiger partial charge < -0.3 is 10.6 Å². The van der Waals surface area contributed by atoms with Gasteiger partial charge in [0.25, 0.3) is 5.24 Å². The summed E-state index contributed by atoms with van der Waals surface area (Å²) in [6, 6.07) is -0.0506. The maximum Gasteiger partial charge on any atom is 0.314 e. The van der Waals surface area contributed by atoms with Crippen LogP contribution in [-0.2, 0) is 4.79 Å². The summed E-state index contributed by atoms with van der Waals surface area (Å²) in [5, 5.41) is 7.72. The van der Waals surface area contributed by atoms with E-state index in [9.17, 15) is 14.4 Å². The van der Waals surface area contributed by atoms with Crippen LogP contribution in [0.25, 0.3) is 0 Å². The summed E-state index contributed by atoms with van der Waals surface area (Å²) in [5.41, 5.74) is 0. The number of carbonyl (C=O) groups excluding carboxylic acids is 3. The van der Waals surface area contributed by atoms with Gasteiger partial charge in [0.2, 0.25) is 5.91 Å². The van der Waals surface area contributed by atoms with E-state index in [1.807, 2.05) is 0 Å². The molecule has 1 heterocycles. The molecule has 0 saturated carbocycles. The summed E-state index contributed by atoms with van der Waals surface area (Å²) in [7, 11) is 0. The zero-order valence-corrected chi connectivity index (χ0v) is 18.1. The first kappa shape index (κ1) is 24.5. The van der Waals surface area contributed by atoms with Crippen LogP contribution in [0.15, 0.2) is 12.2 Å². The number of nitrogens with one attached hydrogen (secondary N) is 3. The van der Waals surface area contributed by atoms with Crippen LogP contribution in [0.4, 0.5) is 9.59 Å². The summed E-state index contributed by atoms with van der Waals surface area (Å²) >= 11 is 1.13. The summed E-state index contributed by atoms with van der Waals surface area (Å²) < 4.78 is 0. The van der Waals surface area contributed by atoms with Crippen LogP contribution in [0.2, 0.25) is 0 Å². The minimum Gasteiger partial charge on any atom is -0.338 e. The summed E-state index contributed by atoms with van der Waals surface area (Å²) in [4.78, 5) is 34.0. The maximum atomic E-state index is 11.5.